The van der Waals surface area contributed by atoms with Crippen molar-refractivity contribution in [1.29, 1.82) is 0 Å². The molecule has 9 heteroatoms. The van der Waals surface area contributed by atoms with E-state index in [1.54, 1.807) is 19.1 Å². The van der Waals surface area contributed by atoms with Gasteiger partial charge in [-0.1, -0.05) is 41.6 Å². The highest BCUT2D eigenvalue weighted by Gasteiger charge is 2.40. The van der Waals surface area contributed by atoms with E-state index in [0.29, 0.717) is 30.4 Å². The van der Waals surface area contributed by atoms with E-state index in [0.717, 1.165) is 15.7 Å². The molecule has 148 valence electrons. The van der Waals surface area contributed by atoms with Crippen LogP contribution in [0.15, 0.2) is 47.0 Å². The van der Waals surface area contributed by atoms with E-state index in [2.05, 4.69) is 20.8 Å². The molecule has 4 rings (SSSR count). The Balaban J connectivity index is 1.40. The first-order valence-corrected chi connectivity index (χ1v) is 9.21. The number of imide groups is 1. The van der Waals surface area contributed by atoms with Gasteiger partial charge in [-0.2, -0.15) is 4.98 Å². The van der Waals surface area contributed by atoms with Gasteiger partial charge in [0.2, 0.25) is 11.8 Å². The number of nitrogens with one attached hydrogen (secondary N) is 2. The van der Waals surface area contributed by atoms with Crippen molar-refractivity contribution in [2.24, 2.45) is 0 Å². The number of hydrogen-bond donors (Lipinski definition) is 2. The summed E-state index contributed by atoms with van der Waals surface area (Å²) in [5, 5.41) is 10.7. The Kier molecular flexibility index (Phi) is 4.94. The number of aryl methyl sites for hydroxylation is 1. The summed E-state index contributed by atoms with van der Waals surface area (Å²) in [6.45, 7) is 2.00. The lowest BCUT2D eigenvalue weighted by atomic mass is 10.1. The molecule has 1 aliphatic rings. The van der Waals surface area contributed by atoms with Crippen LogP contribution in [0.5, 0.6) is 0 Å². The van der Waals surface area contributed by atoms with E-state index in [4.69, 9.17) is 4.52 Å². The Bertz CT molecular complexity index is 1090. The quantitative estimate of drug-likeness (QED) is 0.616. The number of nitrogens with zero attached hydrogens (tertiary/aromatic N) is 3. The average Bonchev–Trinajstić information content (AvgIpc) is 3.24. The molecular formula is C20H19N5O4. The minimum Gasteiger partial charge on any atom is -0.356 e. The Hall–Kier alpha value is -3.75. The van der Waals surface area contributed by atoms with Gasteiger partial charge in [-0.05, 0) is 18.4 Å². The highest BCUT2D eigenvalue weighted by atomic mass is 16.5. The maximum absolute atomic E-state index is 12.8. The van der Waals surface area contributed by atoms with Crippen LogP contribution in [-0.4, -0.2) is 40.6 Å². The van der Waals surface area contributed by atoms with Gasteiger partial charge in [0.05, 0.1) is 12.1 Å². The van der Waals surface area contributed by atoms with Crippen LogP contribution in [0.2, 0.25) is 0 Å². The molecule has 0 bridgehead atoms. The number of carbonyl (C=O) groups is 3. The van der Waals surface area contributed by atoms with Crippen molar-refractivity contribution >= 4 is 34.3 Å². The van der Waals surface area contributed by atoms with Crippen LogP contribution >= 0.6 is 0 Å². The largest absolute Gasteiger partial charge is 0.356 e. The van der Waals surface area contributed by atoms with Crippen molar-refractivity contribution in [2.75, 3.05) is 11.4 Å². The fourth-order valence-corrected chi connectivity index (χ4v) is 3.31. The number of rotatable bonds is 6. The Morgan fingerprint density at radius 1 is 1.21 bits per heavy atom. The molecule has 9 nitrogen and oxygen atoms in total. The molecular weight excluding hydrogens is 374 g/mol. The Morgan fingerprint density at radius 2 is 2.00 bits per heavy atom. The second-order valence-electron chi connectivity index (χ2n) is 6.71. The lowest BCUT2D eigenvalue weighted by Crippen LogP contribution is -2.37. The van der Waals surface area contributed by atoms with Crippen molar-refractivity contribution in [3.63, 3.8) is 0 Å². The summed E-state index contributed by atoms with van der Waals surface area (Å²) in [6, 6.07) is 11.5. The third-order valence-electron chi connectivity index (χ3n) is 4.65. The highest BCUT2D eigenvalue weighted by molar-refractivity contribution is 6.24. The fourth-order valence-electron chi connectivity index (χ4n) is 3.31. The topological polar surface area (TPSA) is 117 Å². The molecule has 2 heterocycles. The zero-order chi connectivity index (χ0) is 20.4. The molecule has 0 radical (unpaired) electrons. The molecule has 1 saturated heterocycles. The van der Waals surface area contributed by atoms with E-state index < -0.39 is 18.0 Å². The molecule has 1 aromatic heterocycles. The van der Waals surface area contributed by atoms with Crippen molar-refractivity contribution in [3.05, 3.63) is 54.2 Å². The molecule has 0 spiro atoms. The summed E-state index contributed by atoms with van der Waals surface area (Å²) in [5.74, 6) is 0.156. The first kappa shape index (κ1) is 18.6. The average molecular weight is 393 g/mol. The van der Waals surface area contributed by atoms with Gasteiger partial charge in [0.1, 0.15) is 6.04 Å². The number of anilines is 1. The van der Waals surface area contributed by atoms with E-state index in [1.807, 2.05) is 30.3 Å². The predicted molar refractivity (Wildman–Crippen MR) is 104 cm³/mol. The van der Waals surface area contributed by atoms with Gasteiger partial charge in [-0.15, -0.1) is 0 Å². The van der Waals surface area contributed by atoms with Crippen LogP contribution in [-0.2, 0) is 16.0 Å². The van der Waals surface area contributed by atoms with Crippen molar-refractivity contribution < 1.29 is 18.9 Å². The minimum absolute atomic E-state index is 0.144. The van der Waals surface area contributed by atoms with Gasteiger partial charge in [-0.25, -0.2) is 9.69 Å². The summed E-state index contributed by atoms with van der Waals surface area (Å²) in [6.07, 6.45) is 0.244. The van der Waals surface area contributed by atoms with E-state index in [-0.39, 0.29) is 12.3 Å². The maximum atomic E-state index is 12.8. The van der Waals surface area contributed by atoms with Gasteiger partial charge in [0.15, 0.2) is 5.82 Å². The summed E-state index contributed by atoms with van der Waals surface area (Å²) < 4.78 is 4.98. The molecule has 29 heavy (non-hydrogen) atoms. The SMILES string of the molecule is Cc1noc(CCNC(=O)C[C@@H]2NC(=O)N(c3cccc4ccccc34)C2=O)n1. The fraction of sp³-hybridized carbons (Fsp3) is 0.250. The molecule has 4 amide bonds. The highest BCUT2D eigenvalue weighted by Crippen LogP contribution is 2.29. The second-order valence-corrected chi connectivity index (χ2v) is 6.71. The first-order chi connectivity index (χ1) is 14.0. The molecule has 0 aliphatic carbocycles. The van der Waals surface area contributed by atoms with Crippen LogP contribution < -0.4 is 15.5 Å². The predicted octanol–water partition coefficient (Wildman–Crippen LogP) is 1.71. The molecule has 2 aromatic carbocycles. The third-order valence-corrected chi connectivity index (χ3v) is 4.65. The number of benzene rings is 2. The van der Waals surface area contributed by atoms with Crippen molar-refractivity contribution in [1.82, 2.24) is 20.8 Å². The lowest BCUT2D eigenvalue weighted by Gasteiger charge is -2.15. The standard InChI is InChI=1S/C20H19N5O4/c1-12-22-18(29-24-12)9-10-21-17(26)11-15-19(27)25(20(28)23-15)16-8-4-6-13-5-2-3-7-14(13)16/h2-8,15H,9-11H2,1H3,(H,21,26)(H,23,28)/t15-/m0/s1. The molecule has 1 fully saturated rings. The van der Waals surface area contributed by atoms with Gasteiger partial charge in [0, 0.05) is 18.4 Å². The number of amides is 4. The lowest BCUT2D eigenvalue weighted by molar-refractivity contribution is -0.125. The van der Waals surface area contributed by atoms with E-state index >= 15 is 0 Å². The molecule has 0 saturated carbocycles. The van der Waals surface area contributed by atoms with Crippen molar-refractivity contribution in [2.45, 2.75) is 25.8 Å². The first-order valence-electron chi connectivity index (χ1n) is 9.21. The van der Waals surface area contributed by atoms with Crippen LogP contribution in [0.3, 0.4) is 0 Å². The maximum Gasteiger partial charge on any atom is 0.329 e. The smallest absolute Gasteiger partial charge is 0.329 e. The summed E-state index contributed by atoms with van der Waals surface area (Å²) in [7, 11) is 0. The normalized spacial score (nSPS) is 16.3. The van der Waals surface area contributed by atoms with Crippen LogP contribution in [0.25, 0.3) is 10.8 Å². The van der Waals surface area contributed by atoms with Crippen LogP contribution in [0.4, 0.5) is 10.5 Å². The summed E-state index contributed by atoms with van der Waals surface area (Å²) in [5.41, 5.74) is 0.500. The van der Waals surface area contributed by atoms with Gasteiger partial charge < -0.3 is 15.2 Å². The molecule has 3 aromatic rings. The van der Waals surface area contributed by atoms with Gasteiger partial charge >= 0.3 is 6.03 Å². The number of aromatic nitrogens is 2. The van der Waals surface area contributed by atoms with E-state index in [1.165, 1.54) is 0 Å². The zero-order valence-corrected chi connectivity index (χ0v) is 15.7. The number of urea groups is 1. The number of carbonyl (C=O) groups excluding carboxylic acids is 3. The van der Waals surface area contributed by atoms with Crippen molar-refractivity contribution in [3.8, 4) is 0 Å². The molecule has 2 N–H and O–H groups in total. The van der Waals surface area contributed by atoms with Crippen LogP contribution in [0.1, 0.15) is 18.1 Å². The van der Waals surface area contributed by atoms with Gasteiger partial charge in [0.25, 0.3) is 5.91 Å². The summed E-state index contributed by atoms with van der Waals surface area (Å²) in [4.78, 5) is 42.6. The monoisotopic (exact) mass is 393 g/mol. The van der Waals surface area contributed by atoms with E-state index in [9.17, 15) is 14.4 Å². The molecule has 0 unspecified atom stereocenters. The van der Waals surface area contributed by atoms with Crippen LogP contribution in [0, 0.1) is 6.92 Å². The molecule has 1 atom stereocenters. The Labute approximate surface area is 166 Å². The second kappa shape index (κ2) is 7.70. The van der Waals surface area contributed by atoms with Gasteiger partial charge in [-0.3, -0.25) is 9.59 Å². The Morgan fingerprint density at radius 3 is 2.79 bits per heavy atom. The summed E-state index contributed by atoms with van der Waals surface area (Å²) >= 11 is 0. The molecule has 1 aliphatic heterocycles. The number of hydrogen-bond acceptors (Lipinski definition) is 6. The minimum atomic E-state index is -0.910. The third kappa shape index (κ3) is 3.79. The number of fused-ring (bicyclic) bond motifs is 1. The zero-order valence-electron chi connectivity index (χ0n) is 15.7.